The van der Waals surface area contributed by atoms with E-state index in [1.165, 1.54) is 6.07 Å². The molecule has 0 amide bonds. The minimum atomic E-state index is -2.47. The van der Waals surface area contributed by atoms with Crippen molar-refractivity contribution in [2.24, 2.45) is 0 Å². The summed E-state index contributed by atoms with van der Waals surface area (Å²) < 4.78 is 45.7. The Labute approximate surface area is 70.5 Å². The Kier molecular flexibility index (Phi) is 2.88. The monoisotopic (exact) mass is 191 g/mol. The number of hydrogen-bond donors (Lipinski definition) is 0. The summed E-state index contributed by atoms with van der Waals surface area (Å²) in [6.07, 6.45) is 0. The van der Waals surface area contributed by atoms with Gasteiger partial charge < -0.3 is 4.55 Å². The Bertz CT molecular complexity index is 294. The summed E-state index contributed by atoms with van der Waals surface area (Å²) in [5.74, 6) is -2.29. The van der Waals surface area contributed by atoms with Crippen molar-refractivity contribution in [2.45, 2.75) is 5.75 Å². The van der Waals surface area contributed by atoms with E-state index in [1.54, 1.807) is 0 Å². The van der Waals surface area contributed by atoms with Gasteiger partial charge in [-0.1, -0.05) is 17.1 Å². The zero-order valence-corrected chi connectivity index (χ0v) is 6.74. The Balaban J connectivity index is 3.04. The second kappa shape index (κ2) is 3.73. The summed E-state index contributed by atoms with van der Waals surface area (Å²) in [6.45, 7) is 0. The molecule has 0 saturated heterocycles. The highest BCUT2D eigenvalue weighted by Crippen LogP contribution is 2.13. The Hall–Kier alpha value is -0.810. The van der Waals surface area contributed by atoms with Gasteiger partial charge in [-0.3, -0.25) is 4.21 Å². The molecule has 0 aliphatic heterocycles. The van der Waals surface area contributed by atoms with Crippen LogP contribution in [-0.2, 0) is 16.8 Å². The van der Waals surface area contributed by atoms with Gasteiger partial charge in [0, 0.05) is 11.3 Å². The standard InChI is InChI=1S/C7H6F2O2S/c8-6-2-1-3-7(9)5(6)4-12(10)11/h1-3H,4H2,(H,10,11)/p-1. The molecule has 2 nitrogen and oxygen atoms in total. The maximum absolute atomic E-state index is 12.7. The first kappa shape index (κ1) is 9.28. The van der Waals surface area contributed by atoms with E-state index >= 15 is 0 Å². The van der Waals surface area contributed by atoms with Crippen LogP contribution in [0.25, 0.3) is 0 Å². The van der Waals surface area contributed by atoms with Crippen LogP contribution < -0.4 is 0 Å². The van der Waals surface area contributed by atoms with Crippen LogP contribution in [0.15, 0.2) is 18.2 Å². The van der Waals surface area contributed by atoms with Crippen LogP contribution >= 0.6 is 0 Å². The van der Waals surface area contributed by atoms with Gasteiger partial charge in [0.15, 0.2) is 0 Å². The van der Waals surface area contributed by atoms with E-state index in [4.69, 9.17) is 0 Å². The number of rotatable bonds is 2. The van der Waals surface area contributed by atoms with Crippen molar-refractivity contribution in [3.05, 3.63) is 35.4 Å². The fourth-order valence-corrected chi connectivity index (χ4v) is 1.30. The zero-order valence-electron chi connectivity index (χ0n) is 5.92. The van der Waals surface area contributed by atoms with Crippen molar-refractivity contribution in [3.63, 3.8) is 0 Å². The molecule has 12 heavy (non-hydrogen) atoms. The Morgan fingerprint density at radius 3 is 2.25 bits per heavy atom. The molecule has 0 aliphatic carbocycles. The van der Waals surface area contributed by atoms with Crippen molar-refractivity contribution in [3.8, 4) is 0 Å². The lowest BCUT2D eigenvalue weighted by Gasteiger charge is -2.06. The van der Waals surface area contributed by atoms with Crippen molar-refractivity contribution in [1.29, 1.82) is 0 Å². The van der Waals surface area contributed by atoms with Crippen LogP contribution in [-0.4, -0.2) is 8.76 Å². The lowest BCUT2D eigenvalue weighted by atomic mass is 10.2. The van der Waals surface area contributed by atoms with Gasteiger partial charge in [0.2, 0.25) is 0 Å². The third kappa shape index (κ3) is 2.09. The third-order valence-corrected chi connectivity index (χ3v) is 1.85. The summed E-state index contributed by atoms with van der Waals surface area (Å²) in [6, 6.07) is 3.22. The Morgan fingerprint density at radius 1 is 1.33 bits per heavy atom. The number of benzene rings is 1. The van der Waals surface area contributed by atoms with E-state index in [0.29, 0.717) is 0 Å². The minimum absolute atomic E-state index is 0.411. The van der Waals surface area contributed by atoms with Crippen LogP contribution in [0.4, 0.5) is 8.78 Å². The second-order valence-electron chi connectivity index (χ2n) is 2.15. The lowest BCUT2D eigenvalue weighted by Crippen LogP contribution is -2.00. The van der Waals surface area contributed by atoms with Crippen molar-refractivity contribution in [1.82, 2.24) is 0 Å². The molecule has 0 bridgehead atoms. The van der Waals surface area contributed by atoms with E-state index in [1.807, 2.05) is 0 Å². The molecule has 0 N–H and O–H groups in total. The van der Waals surface area contributed by atoms with E-state index < -0.39 is 34.0 Å². The van der Waals surface area contributed by atoms with Crippen LogP contribution in [0.2, 0.25) is 0 Å². The highest BCUT2D eigenvalue weighted by atomic mass is 32.2. The molecule has 1 aromatic carbocycles. The predicted octanol–water partition coefficient (Wildman–Crippen LogP) is 1.34. The lowest BCUT2D eigenvalue weighted by molar-refractivity contribution is 0.525. The summed E-state index contributed by atoms with van der Waals surface area (Å²) in [4.78, 5) is 0. The summed E-state index contributed by atoms with van der Waals surface area (Å²) >= 11 is -2.47. The molecule has 1 rings (SSSR count). The van der Waals surface area contributed by atoms with Crippen molar-refractivity contribution >= 4 is 11.1 Å². The zero-order chi connectivity index (χ0) is 9.14. The van der Waals surface area contributed by atoms with E-state index in [-0.39, 0.29) is 0 Å². The molecule has 0 saturated carbocycles. The summed E-state index contributed by atoms with van der Waals surface area (Å²) in [5.41, 5.74) is -0.411. The maximum Gasteiger partial charge on any atom is 0.130 e. The highest BCUT2D eigenvalue weighted by Gasteiger charge is 2.07. The molecule has 0 heterocycles. The quantitative estimate of drug-likeness (QED) is 0.662. The van der Waals surface area contributed by atoms with Gasteiger partial charge in [-0.2, -0.15) is 0 Å². The first-order valence-corrected chi connectivity index (χ1v) is 4.34. The van der Waals surface area contributed by atoms with Crippen LogP contribution in [0.5, 0.6) is 0 Å². The topological polar surface area (TPSA) is 40.1 Å². The van der Waals surface area contributed by atoms with Gasteiger partial charge in [0.1, 0.15) is 11.6 Å². The van der Waals surface area contributed by atoms with Crippen molar-refractivity contribution in [2.75, 3.05) is 0 Å². The molecular weight excluding hydrogens is 186 g/mol. The summed E-state index contributed by atoms with van der Waals surface area (Å²) in [7, 11) is 0. The molecular formula is C7H5F2O2S-. The fourth-order valence-electron chi connectivity index (χ4n) is 0.788. The van der Waals surface area contributed by atoms with E-state index in [2.05, 4.69) is 0 Å². The van der Waals surface area contributed by atoms with Gasteiger partial charge in [-0.05, 0) is 12.1 Å². The maximum atomic E-state index is 12.7. The molecule has 66 valence electrons. The molecule has 1 unspecified atom stereocenters. The molecule has 0 aliphatic rings. The molecule has 0 fully saturated rings. The van der Waals surface area contributed by atoms with Crippen LogP contribution in [0.1, 0.15) is 5.56 Å². The average molecular weight is 191 g/mol. The van der Waals surface area contributed by atoms with Crippen LogP contribution in [0, 0.1) is 11.6 Å². The smallest absolute Gasteiger partial charge is 0.130 e. The number of halogens is 2. The van der Waals surface area contributed by atoms with Crippen molar-refractivity contribution < 1.29 is 17.5 Å². The molecule has 0 aromatic heterocycles. The predicted molar refractivity (Wildman–Crippen MR) is 39.0 cm³/mol. The Morgan fingerprint density at radius 2 is 1.83 bits per heavy atom. The summed E-state index contributed by atoms with van der Waals surface area (Å²) in [5, 5.41) is 0. The third-order valence-electron chi connectivity index (χ3n) is 1.32. The second-order valence-corrected chi connectivity index (χ2v) is 3.04. The SMILES string of the molecule is O=S([O-])Cc1c(F)cccc1F. The first-order valence-electron chi connectivity index (χ1n) is 3.10. The van der Waals surface area contributed by atoms with Gasteiger partial charge in [0.05, 0.1) is 0 Å². The first-order chi connectivity index (χ1) is 5.61. The molecule has 5 heteroatoms. The molecule has 0 radical (unpaired) electrons. The van der Waals surface area contributed by atoms with Gasteiger partial charge in [-0.15, -0.1) is 0 Å². The minimum Gasteiger partial charge on any atom is -0.772 e. The van der Waals surface area contributed by atoms with Crippen LogP contribution in [0.3, 0.4) is 0 Å². The average Bonchev–Trinajstić information content (AvgIpc) is 1.97. The molecule has 0 spiro atoms. The largest absolute Gasteiger partial charge is 0.772 e. The molecule has 1 aromatic rings. The van der Waals surface area contributed by atoms with Gasteiger partial charge >= 0.3 is 0 Å². The van der Waals surface area contributed by atoms with E-state index in [9.17, 15) is 17.5 Å². The van der Waals surface area contributed by atoms with Gasteiger partial charge in [-0.25, -0.2) is 8.78 Å². The fraction of sp³-hybridized carbons (Fsp3) is 0.143. The number of hydrogen-bond acceptors (Lipinski definition) is 2. The van der Waals surface area contributed by atoms with E-state index in [0.717, 1.165) is 12.1 Å². The highest BCUT2D eigenvalue weighted by molar-refractivity contribution is 7.78. The normalized spacial score (nSPS) is 12.9. The van der Waals surface area contributed by atoms with Gasteiger partial charge in [0.25, 0.3) is 0 Å². The molecule has 1 atom stereocenters.